The first-order valence-corrected chi connectivity index (χ1v) is 8.02. The summed E-state index contributed by atoms with van der Waals surface area (Å²) in [6.07, 6.45) is 1.88. The molecule has 5 nitrogen and oxygen atoms in total. The maximum Gasteiger partial charge on any atom is 0.419 e. The minimum absolute atomic E-state index is 0.0344. The molecule has 1 amide bonds. The highest BCUT2D eigenvalue weighted by Crippen LogP contribution is 2.15. The van der Waals surface area contributed by atoms with Crippen molar-refractivity contribution in [3.63, 3.8) is 0 Å². The van der Waals surface area contributed by atoms with E-state index in [1.165, 1.54) is 10.1 Å². The normalized spacial score (nSPS) is 10.9. The van der Waals surface area contributed by atoms with Crippen LogP contribution < -0.4 is 11.1 Å². The number of hydrogen-bond acceptors (Lipinski definition) is 3. The highest BCUT2D eigenvalue weighted by molar-refractivity contribution is 5.77. The molecule has 0 aliphatic heterocycles. The molecule has 1 aromatic heterocycles. The summed E-state index contributed by atoms with van der Waals surface area (Å²) in [5.41, 5.74) is 3.54. The van der Waals surface area contributed by atoms with Crippen molar-refractivity contribution in [1.29, 1.82) is 0 Å². The van der Waals surface area contributed by atoms with Gasteiger partial charge >= 0.3 is 5.76 Å². The molecule has 0 atom stereocenters. The van der Waals surface area contributed by atoms with E-state index in [4.69, 9.17) is 4.42 Å². The van der Waals surface area contributed by atoms with Crippen LogP contribution >= 0.6 is 0 Å². The van der Waals surface area contributed by atoms with Crippen LogP contribution in [-0.4, -0.2) is 17.0 Å². The number of oxazole rings is 1. The van der Waals surface area contributed by atoms with Gasteiger partial charge < -0.3 is 9.73 Å². The Bertz CT molecular complexity index is 894. The number of carbonyl (C=O) groups excluding carboxylic acids is 1. The van der Waals surface area contributed by atoms with Crippen molar-refractivity contribution in [2.75, 3.05) is 6.54 Å². The van der Waals surface area contributed by atoms with Gasteiger partial charge in [0, 0.05) is 20.0 Å². The standard InChI is InChI=1S/C19H20N2O3/c1-21-16-13-15(7-9-17(16)24-19(21)23)8-10-18(22)20-12-11-14-5-3-2-4-6-14/h2-7,9,13H,8,10-12H2,1H3,(H,20,22). The molecule has 0 aliphatic carbocycles. The quantitative estimate of drug-likeness (QED) is 0.757. The summed E-state index contributed by atoms with van der Waals surface area (Å²) in [6.45, 7) is 0.637. The topological polar surface area (TPSA) is 64.2 Å². The molecule has 0 bridgehead atoms. The molecular weight excluding hydrogens is 304 g/mol. The number of nitrogens with one attached hydrogen (secondary N) is 1. The summed E-state index contributed by atoms with van der Waals surface area (Å²) in [6, 6.07) is 15.6. The van der Waals surface area contributed by atoms with Crippen LogP contribution in [0.5, 0.6) is 0 Å². The van der Waals surface area contributed by atoms with Gasteiger partial charge in [-0.2, -0.15) is 0 Å². The van der Waals surface area contributed by atoms with Gasteiger partial charge in [0.25, 0.3) is 0 Å². The Morgan fingerprint density at radius 1 is 1.08 bits per heavy atom. The zero-order valence-corrected chi connectivity index (χ0v) is 13.6. The van der Waals surface area contributed by atoms with Gasteiger partial charge in [-0.1, -0.05) is 36.4 Å². The Kier molecular flexibility index (Phi) is 4.79. The summed E-state index contributed by atoms with van der Waals surface area (Å²) in [4.78, 5) is 23.4. The molecule has 3 aromatic rings. The molecule has 0 spiro atoms. The lowest BCUT2D eigenvalue weighted by Crippen LogP contribution is -2.25. The van der Waals surface area contributed by atoms with E-state index in [9.17, 15) is 9.59 Å². The van der Waals surface area contributed by atoms with E-state index in [0.717, 1.165) is 17.5 Å². The maximum absolute atomic E-state index is 12.0. The smallest absolute Gasteiger partial charge is 0.408 e. The monoisotopic (exact) mass is 324 g/mol. The van der Waals surface area contributed by atoms with Crippen LogP contribution in [0.2, 0.25) is 0 Å². The minimum Gasteiger partial charge on any atom is -0.408 e. The summed E-state index contributed by atoms with van der Waals surface area (Å²) in [5.74, 6) is -0.340. The van der Waals surface area contributed by atoms with Crippen molar-refractivity contribution in [2.24, 2.45) is 7.05 Å². The van der Waals surface area contributed by atoms with Gasteiger partial charge in [0.1, 0.15) is 0 Å². The number of fused-ring (bicyclic) bond motifs is 1. The van der Waals surface area contributed by atoms with E-state index in [2.05, 4.69) is 17.4 Å². The zero-order chi connectivity index (χ0) is 16.9. The Balaban J connectivity index is 1.51. The average Bonchev–Trinajstić information content (AvgIpc) is 2.88. The molecule has 0 radical (unpaired) electrons. The van der Waals surface area contributed by atoms with Crippen LogP contribution in [0, 0.1) is 0 Å². The fraction of sp³-hybridized carbons (Fsp3) is 0.263. The number of amides is 1. The molecule has 3 rings (SSSR count). The SMILES string of the molecule is Cn1c(=O)oc2ccc(CCC(=O)NCCc3ccccc3)cc21. The molecule has 0 unspecified atom stereocenters. The zero-order valence-electron chi connectivity index (χ0n) is 13.6. The lowest BCUT2D eigenvalue weighted by molar-refractivity contribution is -0.121. The fourth-order valence-corrected chi connectivity index (χ4v) is 2.66. The van der Waals surface area contributed by atoms with Crippen molar-refractivity contribution in [2.45, 2.75) is 19.3 Å². The summed E-state index contributed by atoms with van der Waals surface area (Å²) >= 11 is 0. The lowest BCUT2D eigenvalue weighted by atomic mass is 10.1. The molecule has 0 aliphatic rings. The van der Waals surface area contributed by atoms with Gasteiger partial charge in [0.2, 0.25) is 5.91 Å². The van der Waals surface area contributed by atoms with E-state index in [-0.39, 0.29) is 11.7 Å². The molecule has 1 N–H and O–H groups in total. The van der Waals surface area contributed by atoms with Crippen molar-refractivity contribution in [3.8, 4) is 0 Å². The second kappa shape index (κ2) is 7.17. The van der Waals surface area contributed by atoms with E-state index < -0.39 is 0 Å². The minimum atomic E-state index is -0.374. The summed E-state index contributed by atoms with van der Waals surface area (Å²) < 4.78 is 6.57. The van der Waals surface area contributed by atoms with Crippen molar-refractivity contribution in [3.05, 3.63) is 70.2 Å². The van der Waals surface area contributed by atoms with Gasteiger partial charge in [-0.3, -0.25) is 9.36 Å². The predicted octanol–water partition coefficient (Wildman–Crippen LogP) is 2.42. The molecular formula is C19H20N2O3. The first-order chi connectivity index (χ1) is 11.6. The summed E-state index contributed by atoms with van der Waals surface area (Å²) in [5, 5.41) is 2.94. The van der Waals surface area contributed by atoms with E-state index >= 15 is 0 Å². The number of nitrogens with zero attached hydrogens (tertiary/aromatic N) is 1. The van der Waals surface area contributed by atoms with Crippen molar-refractivity contribution in [1.82, 2.24) is 9.88 Å². The Labute approximate surface area is 139 Å². The number of carbonyl (C=O) groups is 1. The van der Waals surface area contributed by atoms with Gasteiger partial charge in [0.05, 0.1) is 5.52 Å². The van der Waals surface area contributed by atoms with Crippen LogP contribution in [-0.2, 0) is 24.7 Å². The predicted molar refractivity (Wildman–Crippen MR) is 92.9 cm³/mol. The molecule has 0 saturated carbocycles. The molecule has 0 saturated heterocycles. The van der Waals surface area contributed by atoms with Crippen molar-refractivity contribution >= 4 is 17.0 Å². The highest BCUT2D eigenvalue weighted by Gasteiger charge is 2.08. The number of aromatic nitrogens is 1. The molecule has 5 heteroatoms. The number of hydrogen-bond donors (Lipinski definition) is 1. The Hall–Kier alpha value is -2.82. The van der Waals surface area contributed by atoms with Crippen LogP contribution in [0.15, 0.2) is 57.7 Å². The van der Waals surface area contributed by atoms with E-state index in [0.29, 0.717) is 25.0 Å². The van der Waals surface area contributed by atoms with Gasteiger partial charge in [-0.05, 0) is 36.1 Å². The third kappa shape index (κ3) is 3.74. The largest absolute Gasteiger partial charge is 0.419 e. The second-order valence-electron chi connectivity index (χ2n) is 5.81. The summed E-state index contributed by atoms with van der Waals surface area (Å²) in [7, 11) is 1.67. The van der Waals surface area contributed by atoms with Crippen LogP contribution in [0.3, 0.4) is 0 Å². The average molecular weight is 324 g/mol. The first-order valence-electron chi connectivity index (χ1n) is 8.02. The first kappa shape index (κ1) is 16.1. The van der Waals surface area contributed by atoms with Gasteiger partial charge in [0.15, 0.2) is 5.58 Å². The molecule has 1 heterocycles. The Morgan fingerprint density at radius 3 is 2.67 bits per heavy atom. The third-order valence-corrected chi connectivity index (χ3v) is 4.08. The number of aryl methyl sites for hydroxylation is 2. The second-order valence-corrected chi connectivity index (χ2v) is 5.81. The molecule has 24 heavy (non-hydrogen) atoms. The lowest BCUT2D eigenvalue weighted by Gasteiger charge is -2.06. The highest BCUT2D eigenvalue weighted by atomic mass is 16.4. The van der Waals surface area contributed by atoms with Gasteiger partial charge in [-0.15, -0.1) is 0 Å². The fourth-order valence-electron chi connectivity index (χ4n) is 2.66. The Morgan fingerprint density at radius 2 is 1.88 bits per heavy atom. The van der Waals surface area contributed by atoms with Crippen LogP contribution in [0.1, 0.15) is 17.5 Å². The maximum atomic E-state index is 12.0. The third-order valence-electron chi connectivity index (χ3n) is 4.08. The van der Waals surface area contributed by atoms with E-state index in [1.54, 1.807) is 13.1 Å². The molecule has 2 aromatic carbocycles. The molecule has 0 fully saturated rings. The van der Waals surface area contributed by atoms with Crippen LogP contribution in [0.4, 0.5) is 0 Å². The van der Waals surface area contributed by atoms with Crippen molar-refractivity contribution < 1.29 is 9.21 Å². The molecule has 124 valence electrons. The van der Waals surface area contributed by atoms with Gasteiger partial charge in [-0.25, -0.2) is 4.79 Å². The van der Waals surface area contributed by atoms with E-state index in [1.807, 2.05) is 30.3 Å². The van der Waals surface area contributed by atoms with Crippen LogP contribution in [0.25, 0.3) is 11.1 Å². The number of benzene rings is 2. The number of rotatable bonds is 6.